The molecule has 0 atom stereocenters. The summed E-state index contributed by atoms with van der Waals surface area (Å²) < 4.78 is 16.3. The largest absolute Gasteiger partial charge is 0.501 e. The fourth-order valence-electron chi connectivity index (χ4n) is 2.44. The third-order valence-corrected chi connectivity index (χ3v) is 3.36. The Hall–Kier alpha value is -0.870. The van der Waals surface area contributed by atoms with Gasteiger partial charge in [0.15, 0.2) is 5.78 Å². The molecule has 0 aromatic rings. The zero-order valence-corrected chi connectivity index (χ0v) is 10.4. The van der Waals surface area contributed by atoms with E-state index in [1.54, 1.807) is 6.26 Å². The summed E-state index contributed by atoms with van der Waals surface area (Å²) in [6.07, 6.45) is 4.63. The van der Waals surface area contributed by atoms with Gasteiger partial charge in [0.1, 0.15) is 5.60 Å². The molecule has 1 fully saturated rings. The Morgan fingerprint density at radius 1 is 1.41 bits per heavy atom. The highest BCUT2D eigenvalue weighted by atomic mass is 16.5. The Morgan fingerprint density at radius 3 is 2.76 bits per heavy atom. The molecule has 4 heteroatoms. The lowest BCUT2D eigenvalue weighted by molar-refractivity contribution is -0.154. The van der Waals surface area contributed by atoms with Crippen LogP contribution in [0.4, 0.5) is 0 Å². The quantitative estimate of drug-likeness (QED) is 0.752. The molecule has 96 valence electrons. The molecule has 2 aliphatic rings. The average Bonchev–Trinajstić information content (AvgIpc) is 2.40. The normalized spacial score (nSPS) is 23.7. The van der Waals surface area contributed by atoms with Crippen molar-refractivity contribution in [3.05, 3.63) is 11.8 Å². The maximum absolute atomic E-state index is 12.5. The van der Waals surface area contributed by atoms with Crippen LogP contribution in [0.15, 0.2) is 11.8 Å². The molecule has 0 spiro atoms. The number of ether oxygens (including phenoxy) is 3. The molecule has 0 aliphatic carbocycles. The lowest BCUT2D eigenvalue weighted by atomic mass is 9.84. The Kier molecular flexibility index (Phi) is 4.18. The first-order valence-corrected chi connectivity index (χ1v) is 6.36. The molecule has 2 heterocycles. The first-order chi connectivity index (χ1) is 8.28. The van der Waals surface area contributed by atoms with Crippen LogP contribution in [-0.4, -0.2) is 37.8 Å². The number of ketones is 1. The van der Waals surface area contributed by atoms with Crippen LogP contribution in [0.3, 0.4) is 0 Å². The van der Waals surface area contributed by atoms with Crippen LogP contribution in [0.25, 0.3) is 0 Å². The minimum atomic E-state index is -0.667. The van der Waals surface area contributed by atoms with E-state index in [4.69, 9.17) is 14.2 Å². The summed E-state index contributed by atoms with van der Waals surface area (Å²) in [5.41, 5.74) is 0.103. The number of carbonyl (C=O) groups excluding carboxylic acids is 1. The topological polar surface area (TPSA) is 44.8 Å². The molecule has 0 amide bonds. The van der Waals surface area contributed by atoms with Crippen molar-refractivity contribution in [1.29, 1.82) is 0 Å². The van der Waals surface area contributed by atoms with Gasteiger partial charge in [0.25, 0.3) is 0 Å². The second-order valence-electron chi connectivity index (χ2n) is 4.49. The minimum Gasteiger partial charge on any atom is -0.501 e. The summed E-state index contributed by atoms with van der Waals surface area (Å²) in [6.45, 7) is 4.39. The first kappa shape index (κ1) is 12.6. The van der Waals surface area contributed by atoms with Gasteiger partial charge in [-0.2, -0.15) is 0 Å². The SMILES string of the molecule is CCOC1(C(=O)C2=COCCC2)CCOCC1. The number of carbonyl (C=O) groups is 1. The van der Waals surface area contributed by atoms with Crippen LogP contribution in [0, 0.1) is 0 Å². The molecule has 4 nitrogen and oxygen atoms in total. The highest BCUT2D eigenvalue weighted by molar-refractivity contribution is 6.01. The van der Waals surface area contributed by atoms with Crippen LogP contribution in [-0.2, 0) is 19.0 Å². The van der Waals surface area contributed by atoms with E-state index in [1.807, 2.05) is 6.92 Å². The monoisotopic (exact) mass is 240 g/mol. The van der Waals surface area contributed by atoms with Crippen LogP contribution in [0.2, 0.25) is 0 Å². The van der Waals surface area contributed by atoms with Crippen molar-refractivity contribution >= 4 is 5.78 Å². The van der Waals surface area contributed by atoms with Crippen molar-refractivity contribution < 1.29 is 19.0 Å². The third kappa shape index (κ3) is 2.69. The highest BCUT2D eigenvalue weighted by Gasteiger charge is 2.42. The second-order valence-corrected chi connectivity index (χ2v) is 4.49. The zero-order valence-electron chi connectivity index (χ0n) is 10.4. The smallest absolute Gasteiger partial charge is 0.193 e. The maximum Gasteiger partial charge on any atom is 0.193 e. The summed E-state index contributed by atoms with van der Waals surface area (Å²) in [5.74, 6) is 0.0994. The van der Waals surface area contributed by atoms with E-state index in [-0.39, 0.29) is 5.78 Å². The van der Waals surface area contributed by atoms with Gasteiger partial charge in [-0.1, -0.05) is 0 Å². The molecule has 2 aliphatic heterocycles. The molecule has 0 bridgehead atoms. The summed E-state index contributed by atoms with van der Waals surface area (Å²) in [4.78, 5) is 12.5. The van der Waals surface area contributed by atoms with Crippen molar-refractivity contribution in [3.63, 3.8) is 0 Å². The molecule has 0 saturated carbocycles. The second kappa shape index (κ2) is 5.65. The number of Topliss-reactive ketones (excluding diaryl/α,β-unsaturated/α-hetero) is 1. The van der Waals surface area contributed by atoms with Crippen molar-refractivity contribution in [1.82, 2.24) is 0 Å². The van der Waals surface area contributed by atoms with Gasteiger partial charge < -0.3 is 14.2 Å². The fourth-order valence-corrected chi connectivity index (χ4v) is 2.44. The van der Waals surface area contributed by atoms with Crippen molar-refractivity contribution in [2.45, 2.75) is 38.2 Å². The predicted molar refractivity (Wildman–Crippen MR) is 62.7 cm³/mol. The molecule has 17 heavy (non-hydrogen) atoms. The summed E-state index contributed by atoms with van der Waals surface area (Å²) in [7, 11) is 0. The van der Waals surface area contributed by atoms with Crippen molar-refractivity contribution in [3.8, 4) is 0 Å². The van der Waals surface area contributed by atoms with Crippen LogP contribution in [0.5, 0.6) is 0 Å². The van der Waals surface area contributed by atoms with Gasteiger partial charge in [-0.25, -0.2) is 0 Å². The standard InChI is InChI=1S/C13H20O4/c1-2-17-13(5-8-15-9-6-13)12(14)11-4-3-7-16-10-11/h10H,2-9H2,1H3. The Balaban J connectivity index is 2.14. The lowest BCUT2D eigenvalue weighted by Crippen LogP contribution is -2.47. The van der Waals surface area contributed by atoms with Crippen LogP contribution < -0.4 is 0 Å². The molecule has 0 N–H and O–H groups in total. The molecule has 0 radical (unpaired) electrons. The molecular weight excluding hydrogens is 220 g/mol. The van der Waals surface area contributed by atoms with Gasteiger partial charge in [0.2, 0.25) is 0 Å². The van der Waals surface area contributed by atoms with E-state index in [1.165, 1.54) is 0 Å². The van der Waals surface area contributed by atoms with E-state index in [0.29, 0.717) is 39.3 Å². The van der Waals surface area contributed by atoms with Gasteiger partial charge in [0.05, 0.1) is 12.9 Å². The molecule has 1 saturated heterocycles. The number of hydrogen-bond acceptors (Lipinski definition) is 4. The van der Waals surface area contributed by atoms with E-state index >= 15 is 0 Å². The summed E-state index contributed by atoms with van der Waals surface area (Å²) in [6, 6.07) is 0. The summed E-state index contributed by atoms with van der Waals surface area (Å²) >= 11 is 0. The zero-order chi connectivity index (χ0) is 12.1. The van der Waals surface area contributed by atoms with E-state index in [9.17, 15) is 4.79 Å². The average molecular weight is 240 g/mol. The van der Waals surface area contributed by atoms with E-state index in [0.717, 1.165) is 18.4 Å². The molecule has 0 aromatic carbocycles. The Morgan fingerprint density at radius 2 is 2.18 bits per heavy atom. The molecule has 0 aromatic heterocycles. The van der Waals surface area contributed by atoms with E-state index < -0.39 is 5.60 Å². The predicted octanol–water partition coefficient (Wildman–Crippen LogP) is 1.84. The van der Waals surface area contributed by atoms with Gasteiger partial charge in [-0.05, 0) is 19.8 Å². The molecular formula is C13H20O4. The van der Waals surface area contributed by atoms with Gasteiger partial charge in [0, 0.05) is 38.2 Å². The van der Waals surface area contributed by atoms with Gasteiger partial charge in [-0.3, -0.25) is 4.79 Å². The lowest BCUT2D eigenvalue weighted by Gasteiger charge is -2.36. The van der Waals surface area contributed by atoms with Crippen LogP contribution in [0.1, 0.15) is 32.6 Å². The van der Waals surface area contributed by atoms with Gasteiger partial charge >= 0.3 is 0 Å². The Labute approximate surface area is 102 Å². The fraction of sp³-hybridized carbons (Fsp3) is 0.769. The number of rotatable bonds is 4. The minimum absolute atomic E-state index is 0.0994. The van der Waals surface area contributed by atoms with Crippen molar-refractivity contribution in [2.24, 2.45) is 0 Å². The number of hydrogen-bond donors (Lipinski definition) is 0. The third-order valence-electron chi connectivity index (χ3n) is 3.36. The first-order valence-electron chi connectivity index (χ1n) is 6.36. The maximum atomic E-state index is 12.5. The Bertz CT molecular complexity index is 297. The molecule has 0 unspecified atom stereocenters. The van der Waals surface area contributed by atoms with Crippen LogP contribution >= 0.6 is 0 Å². The molecule has 2 rings (SSSR count). The highest BCUT2D eigenvalue weighted by Crippen LogP contribution is 2.31. The van der Waals surface area contributed by atoms with Gasteiger partial charge in [-0.15, -0.1) is 0 Å². The summed E-state index contributed by atoms with van der Waals surface area (Å²) in [5, 5.41) is 0. The van der Waals surface area contributed by atoms with Crippen molar-refractivity contribution in [2.75, 3.05) is 26.4 Å². The van der Waals surface area contributed by atoms with E-state index in [2.05, 4.69) is 0 Å².